The second-order valence-corrected chi connectivity index (χ2v) is 3.66. The van der Waals surface area contributed by atoms with Gasteiger partial charge in [0.2, 0.25) is 0 Å². The van der Waals surface area contributed by atoms with Gasteiger partial charge in [0.25, 0.3) is 0 Å². The first-order valence-electron chi connectivity index (χ1n) is 4.71. The van der Waals surface area contributed by atoms with Gasteiger partial charge in [0, 0.05) is 6.54 Å². The molecule has 0 aliphatic heterocycles. The number of rotatable bonds is 4. The quantitative estimate of drug-likeness (QED) is 0.767. The third kappa shape index (κ3) is 2.52. The molecule has 0 radical (unpaired) electrons. The predicted molar refractivity (Wildman–Crippen MR) is 50.1 cm³/mol. The van der Waals surface area contributed by atoms with Crippen LogP contribution >= 0.6 is 0 Å². The first kappa shape index (κ1) is 10.2. The molecule has 1 N–H and O–H groups in total. The van der Waals surface area contributed by atoms with Crippen molar-refractivity contribution in [3.05, 3.63) is 11.9 Å². The van der Waals surface area contributed by atoms with Gasteiger partial charge < -0.3 is 5.11 Å². The largest absolute Gasteiger partial charge is 0.387 e. The van der Waals surface area contributed by atoms with Gasteiger partial charge in [-0.25, -0.2) is 4.68 Å². The van der Waals surface area contributed by atoms with Gasteiger partial charge in [0.05, 0.1) is 18.0 Å². The van der Waals surface area contributed by atoms with Gasteiger partial charge in [-0.05, 0) is 12.3 Å². The van der Waals surface area contributed by atoms with Crippen LogP contribution in [0.1, 0.15) is 39.0 Å². The summed E-state index contributed by atoms with van der Waals surface area (Å²) in [6.07, 6.45) is 1.90. The van der Waals surface area contributed by atoms with Crippen LogP contribution in [-0.4, -0.2) is 20.1 Å². The van der Waals surface area contributed by atoms with E-state index in [0.717, 1.165) is 12.2 Å². The van der Waals surface area contributed by atoms with E-state index < -0.39 is 6.10 Å². The van der Waals surface area contributed by atoms with Crippen LogP contribution < -0.4 is 0 Å². The number of nitrogens with zero attached hydrogens (tertiary/aromatic N) is 3. The number of aliphatic hydroxyl groups is 1. The minimum Gasteiger partial charge on any atom is -0.387 e. The highest BCUT2D eigenvalue weighted by atomic mass is 16.3. The van der Waals surface area contributed by atoms with Crippen LogP contribution in [0.3, 0.4) is 0 Å². The summed E-state index contributed by atoms with van der Waals surface area (Å²) in [5.41, 5.74) is 0.816. The summed E-state index contributed by atoms with van der Waals surface area (Å²) < 4.78 is 1.78. The summed E-state index contributed by atoms with van der Waals surface area (Å²) in [6.45, 7) is 6.98. The third-order valence-corrected chi connectivity index (χ3v) is 1.91. The SMILES string of the molecule is CCC(O)c1cnnn1CC(C)C. The summed E-state index contributed by atoms with van der Waals surface area (Å²) in [5, 5.41) is 17.3. The Morgan fingerprint density at radius 2 is 2.23 bits per heavy atom. The topological polar surface area (TPSA) is 50.9 Å². The molecule has 0 aliphatic rings. The molecule has 0 saturated heterocycles. The zero-order chi connectivity index (χ0) is 9.84. The predicted octanol–water partition coefficient (Wildman–Crippen LogP) is 1.38. The maximum atomic E-state index is 9.61. The van der Waals surface area contributed by atoms with Crippen molar-refractivity contribution >= 4 is 0 Å². The Kier molecular flexibility index (Phi) is 3.42. The van der Waals surface area contributed by atoms with Crippen LogP contribution in [0.5, 0.6) is 0 Å². The molecule has 0 spiro atoms. The van der Waals surface area contributed by atoms with Crippen molar-refractivity contribution in [2.75, 3.05) is 0 Å². The van der Waals surface area contributed by atoms with E-state index in [1.165, 1.54) is 0 Å². The normalized spacial score (nSPS) is 13.6. The molecule has 0 aromatic carbocycles. The van der Waals surface area contributed by atoms with Crippen LogP contribution in [0, 0.1) is 5.92 Å². The van der Waals surface area contributed by atoms with Gasteiger partial charge in [-0.15, -0.1) is 5.10 Å². The maximum Gasteiger partial charge on any atom is 0.0970 e. The van der Waals surface area contributed by atoms with Crippen molar-refractivity contribution in [3.8, 4) is 0 Å². The minimum absolute atomic E-state index is 0.436. The van der Waals surface area contributed by atoms with Crippen LogP contribution in [0.15, 0.2) is 6.20 Å². The minimum atomic E-state index is -0.436. The highest BCUT2D eigenvalue weighted by Crippen LogP contribution is 2.15. The molecular formula is C9H17N3O. The molecule has 1 unspecified atom stereocenters. The van der Waals surface area contributed by atoms with Crippen LogP contribution in [-0.2, 0) is 6.54 Å². The fourth-order valence-corrected chi connectivity index (χ4v) is 1.22. The van der Waals surface area contributed by atoms with E-state index in [2.05, 4.69) is 24.2 Å². The van der Waals surface area contributed by atoms with Crippen molar-refractivity contribution in [3.63, 3.8) is 0 Å². The lowest BCUT2D eigenvalue weighted by molar-refractivity contribution is 0.160. The average molecular weight is 183 g/mol. The van der Waals surface area contributed by atoms with Crippen molar-refractivity contribution < 1.29 is 5.11 Å². The summed E-state index contributed by atoms with van der Waals surface area (Å²) in [7, 11) is 0. The molecule has 0 aliphatic carbocycles. The number of aliphatic hydroxyl groups excluding tert-OH is 1. The summed E-state index contributed by atoms with van der Waals surface area (Å²) in [4.78, 5) is 0. The Morgan fingerprint density at radius 3 is 2.77 bits per heavy atom. The summed E-state index contributed by atoms with van der Waals surface area (Å²) in [6, 6.07) is 0. The van der Waals surface area contributed by atoms with Gasteiger partial charge in [-0.3, -0.25) is 0 Å². The van der Waals surface area contributed by atoms with Crippen molar-refractivity contribution in [1.82, 2.24) is 15.0 Å². The maximum absolute atomic E-state index is 9.61. The standard InChI is InChI=1S/C9H17N3O/c1-4-9(13)8-5-10-11-12(8)6-7(2)3/h5,7,9,13H,4,6H2,1-3H3. The molecule has 0 bridgehead atoms. The van der Waals surface area contributed by atoms with Gasteiger partial charge >= 0.3 is 0 Å². The smallest absolute Gasteiger partial charge is 0.0970 e. The second-order valence-electron chi connectivity index (χ2n) is 3.66. The molecule has 0 saturated carbocycles. The lowest BCUT2D eigenvalue weighted by Gasteiger charge is -2.11. The Labute approximate surface area is 78.6 Å². The first-order valence-corrected chi connectivity index (χ1v) is 4.71. The molecule has 1 aromatic heterocycles. The van der Waals surface area contributed by atoms with E-state index >= 15 is 0 Å². The highest BCUT2D eigenvalue weighted by molar-refractivity contribution is 4.98. The lowest BCUT2D eigenvalue weighted by Crippen LogP contribution is -2.12. The zero-order valence-corrected chi connectivity index (χ0v) is 8.44. The number of aromatic nitrogens is 3. The Bertz CT molecular complexity index is 257. The van der Waals surface area contributed by atoms with Gasteiger partial charge in [-0.1, -0.05) is 26.0 Å². The molecule has 1 heterocycles. The second kappa shape index (κ2) is 4.37. The molecule has 1 rings (SSSR count). The van der Waals surface area contributed by atoms with Gasteiger partial charge in [0.1, 0.15) is 0 Å². The van der Waals surface area contributed by atoms with Crippen molar-refractivity contribution in [2.45, 2.75) is 39.8 Å². The molecule has 1 atom stereocenters. The number of hydrogen-bond donors (Lipinski definition) is 1. The van der Waals surface area contributed by atoms with E-state index in [0.29, 0.717) is 12.3 Å². The average Bonchev–Trinajstić information content (AvgIpc) is 2.50. The Hall–Kier alpha value is -0.900. The van der Waals surface area contributed by atoms with Crippen molar-refractivity contribution in [2.24, 2.45) is 5.92 Å². The summed E-state index contributed by atoms with van der Waals surface area (Å²) >= 11 is 0. The zero-order valence-electron chi connectivity index (χ0n) is 8.44. The van der Waals surface area contributed by atoms with E-state index in [-0.39, 0.29) is 0 Å². The molecule has 1 aromatic rings. The summed E-state index contributed by atoms with van der Waals surface area (Å²) in [5.74, 6) is 0.518. The van der Waals surface area contributed by atoms with E-state index in [4.69, 9.17) is 0 Å². The van der Waals surface area contributed by atoms with Crippen LogP contribution in [0.25, 0.3) is 0 Å². The van der Waals surface area contributed by atoms with Crippen molar-refractivity contribution in [1.29, 1.82) is 0 Å². The number of hydrogen-bond acceptors (Lipinski definition) is 3. The van der Waals surface area contributed by atoms with Crippen LogP contribution in [0.2, 0.25) is 0 Å². The molecule has 4 nitrogen and oxygen atoms in total. The lowest BCUT2D eigenvalue weighted by atomic mass is 10.2. The first-order chi connectivity index (χ1) is 6.15. The van der Waals surface area contributed by atoms with E-state index in [9.17, 15) is 5.11 Å². The molecule has 13 heavy (non-hydrogen) atoms. The van der Waals surface area contributed by atoms with Crippen LogP contribution in [0.4, 0.5) is 0 Å². The molecule has 0 fully saturated rings. The fourth-order valence-electron chi connectivity index (χ4n) is 1.22. The molecule has 0 amide bonds. The molecular weight excluding hydrogens is 166 g/mol. The highest BCUT2D eigenvalue weighted by Gasteiger charge is 2.12. The van der Waals surface area contributed by atoms with E-state index in [1.54, 1.807) is 10.9 Å². The third-order valence-electron chi connectivity index (χ3n) is 1.91. The molecule has 74 valence electrons. The monoisotopic (exact) mass is 183 g/mol. The van der Waals surface area contributed by atoms with E-state index in [1.807, 2.05) is 6.92 Å². The fraction of sp³-hybridized carbons (Fsp3) is 0.778. The van der Waals surface area contributed by atoms with Gasteiger partial charge in [-0.2, -0.15) is 0 Å². The molecule has 4 heteroatoms. The Morgan fingerprint density at radius 1 is 1.54 bits per heavy atom. The Balaban J connectivity index is 2.76. The van der Waals surface area contributed by atoms with Gasteiger partial charge in [0.15, 0.2) is 0 Å².